The highest BCUT2D eigenvalue weighted by atomic mass is 32.1. The molecule has 18 rings (SSSR count). The molecule has 5 heterocycles. The molecule has 0 bridgehead atoms. The standard InChI is InChI=1S/C78H47N3O3S/c1-2-14-48(15-3-1)76-79-77(52-34-39-60-59-38-33-51(43-69(59)83-70(60)44-52)55-19-12-26-72-74(55)62-18-7-9-25-71(62)85-72)81-78(80-76)63-22-11-24-68-73(63)65-42-50(35-40-67(65)82-68)49-32-37-57-54(36-31-45-13-4-5-16-53(45)64(57)41-49)46-27-29-47(30-28-46)56-20-10-21-61-58-17-6-8-23-66(58)84-75(56)61/h1-30,32-35,37-44,54H,31,36H2. The monoisotopic (exact) mass is 1110 g/mol. The summed E-state index contributed by atoms with van der Waals surface area (Å²) < 4.78 is 22.5. The summed E-state index contributed by atoms with van der Waals surface area (Å²) in [5.41, 5.74) is 20.9. The number of hydrogen-bond acceptors (Lipinski definition) is 7. The van der Waals surface area contributed by atoms with Crippen LogP contribution in [-0.4, -0.2) is 15.0 Å². The zero-order valence-corrected chi connectivity index (χ0v) is 46.5. The molecule has 1 atom stereocenters. The number of benzene rings is 12. The van der Waals surface area contributed by atoms with Crippen molar-refractivity contribution in [3.05, 3.63) is 271 Å². The van der Waals surface area contributed by atoms with Crippen molar-refractivity contribution in [2.45, 2.75) is 18.8 Å². The van der Waals surface area contributed by atoms with E-state index in [0.29, 0.717) is 17.5 Å². The SMILES string of the molecule is c1ccc(-c2nc(-c3ccc4c(c3)oc3cc(-c5cccc6sc7ccccc7c56)ccc34)nc(-c3cccc4oc5ccc(-c6ccc7c(c6)-c6ccccc6CCC7c6ccc(-c7cccc8c7oc7ccccc78)cc6)cc5c34)n2)cc1. The van der Waals surface area contributed by atoms with E-state index in [1.807, 2.05) is 65.9 Å². The number of rotatable bonds is 7. The Morgan fingerprint density at radius 2 is 0.918 bits per heavy atom. The summed E-state index contributed by atoms with van der Waals surface area (Å²) in [6, 6.07) is 91.0. The molecule has 0 saturated heterocycles. The Morgan fingerprint density at radius 1 is 0.318 bits per heavy atom. The van der Waals surface area contributed by atoms with Crippen molar-refractivity contribution in [1.82, 2.24) is 15.0 Å². The number of para-hydroxylation sites is 2. The van der Waals surface area contributed by atoms with Crippen LogP contribution in [0.25, 0.3) is 165 Å². The van der Waals surface area contributed by atoms with Crippen molar-refractivity contribution in [3.8, 4) is 78.7 Å². The minimum atomic E-state index is 0.203. The zero-order valence-electron chi connectivity index (χ0n) is 45.7. The predicted octanol–water partition coefficient (Wildman–Crippen LogP) is 21.7. The van der Waals surface area contributed by atoms with Crippen molar-refractivity contribution >= 4 is 97.3 Å². The van der Waals surface area contributed by atoms with Gasteiger partial charge in [-0.1, -0.05) is 188 Å². The first kappa shape index (κ1) is 47.9. The molecule has 7 heteroatoms. The number of aryl methyl sites for hydroxylation is 1. The molecule has 0 N–H and O–H groups in total. The molecule has 398 valence electrons. The van der Waals surface area contributed by atoms with E-state index < -0.39 is 0 Å². The summed E-state index contributed by atoms with van der Waals surface area (Å²) in [5, 5.41) is 8.86. The maximum Gasteiger partial charge on any atom is 0.164 e. The Hall–Kier alpha value is -10.7. The number of fused-ring (bicyclic) bond motifs is 15. The van der Waals surface area contributed by atoms with Gasteiger partial charge in [0.1, 0.15) is 33.5 Å². The van der Waals surface area contributed by atoms with Crippen LogP contribution in [0.4, 0.5) is 0 Å². The Balaban J connectivity index is 0.722. The highest BCUT2D eigenvalue weighted by molar-refractivity contribution is 7.26. The molecule has 1 aliphatic carbocycles. The molecule has 0 radical (unpaired) electrons. The summed E-state index contributed by atoms with van der Waals surface area (Å²) in [7, 11) is 0. The minimum Gasteiger partial charge on any atom is -0.456 e. The third-order valence-corrected chi connectivity index (χ3v) is 18.8. The first-order valence-corrected chi connectivity index (χ1v) is 29.8. The van der Waals surface area contributed by atoms with Crippen LogP contribution >= 0.6 is 11.3 Å². The second-order valence-electron chi connectivity index (χ2n) is 22.4. The fourth-order valence-corrected chi connectivity index (χ4v) is 14.7. The quantitative estimate of drug-likeness (QED) is 0.158. The average molecular weight is 1110 g/mol. The maximum absolute atomic E-state index is 6.76. The van der Waals surface area contributed by atoms with Crippen molar-refractivity contribution < 1.29 is 13.3 Å². The van der Waals surface area contributed by atoms with E-state index in [9.17, 15) is 0 Å². The molecule has 0 spiro atoms. The van der Waals surface area contributed by atoms with Gasteiger partial charge >= 0.3 is 0 Å². The van der Waals surface area contributed by atoms with Gasteiger partial charge in [-0.15, -0.1) is 11.3 Å². The highest BCUT2D eigenvalue weighted by Crippen LogP contribution is 2.47. The van der Waals surface area contributed by atoms with Gasteiger partial charge in [-0.2, -0.15) is 0 Å². The van der Waals surface area contributed by atoms with E-state index in [4.69, 9.17) is 28.2 Å². The fraction of sp³-hybridized carbons (Fsp3) is 0.0385. The van der Waals surface area contributed by atoms with E-state index in [2.05, 4.69) is 200 Å². The molecule has 17 aromatic rings. The minimum absolute atomic E-state index is 0.203. The van der Waals surface area contributed by atoms with Crippen molar-refractivity contribution in [2.75, 3.05) is 0 Å². The van der Waals surface area contributed by atoms with E-state index in [1.165, 1.54) is 53.6 Å². The van der Waals surface area contributed by atoms with Gasteiger partial charge in [0.2, 0.25) is 0 Å². The van der Waals surface area contributed by atoms with Gasteiger partial charge in [0.25, 0.3) is 0 Å². The Bertz CT molecular complexity index is 5570. The summed E-state index contributed by atoms with van der Waals surface area (Å²) in [5.74, 6) is 1.89. The molecule has 1 aliphatic rings. The first-order chi connectivity index (χ1) is 42.1. The molecular formula is C78H47N3O3S. The maximum atomic E-state index is 6.76. The van der Waals surface area contributed by atoms with Crippen LogP contribution < -0.4 is 0 Å². The molecule has 0 saturated carbocycles. The second kappa shape index (κ2) is 18.9. The second-order valence-corrected chi connectivity index (χ2v) is 23.5. The summed E-state index contributed by atoms with van der Waals surface area (Å²) in [6.45, 7) is 0. The van der Waals surface area contributed by atoms with E-state index in [-0.39, 0.29) is 5.92 Å². The van der Waals surface area contributed by atoms with E-state index >= 15 is 0 Å². The highest BCUT2D eigenvalue weighted by Gasteiger charge is 2.26. The van der Waals surface area contributed by atoms with Gasteiger partial charge in [0, 0.05) is 80.7 Å². The molecule has 6 nitrogen and oxygen atoms in total. The summed E-state index contributed by atoms with van der Waals surface area (Å²) in [6.07, 6.45) is 1.98. The predicted molar refractivity (Wildman–Crippen MR) is 349 cm³/mol. The lowest BCUT2D eigenvalue weighted by molar-refractivity contribution is 0.668. The number of thiophene rings is 1. The van der Waals surface area contributed by atoms with Crippen LogP contribution in [0.15, 0.2) is 268 Å². The van der Waals surface area contributed by atoms with Crippen LogP contribution in [0.2, 0.25) is 0 Å². The number of hydrogen-bond donors (Lipinski definition) is 0. The van der Waals surface area contributed by atoms with Crippen molar-refractivity contribution in [1.29, 1.82) is 0 Å². The van der Waals surface area contributed by atoms with E-state index in [1.54, 1.807) is 0 Å². The van der Waals surface area contributed by atoms with Gasteiger partial charge in [-0.3, -0.25) is 0 Å². The van der Waals surface area contributed by atoms with Gasteiger partial charge < -0.3 is 13.3 Å². The topological polar surface area (TPSA) is 78.1 Å². The van der Waals surface area contributed by atoms with Crippen LogP contribution in [0.3, 0.4) is 0 Å². The summed E-state index contributed by atoms with van der Waals surface area (Å²) >= 11 is 1.83. The molecule has 0 aliphatic heterocycles. The van der Waals surface area contributed by atoms with Gasteiger partial charge in [0.15, 0.2) is 17.5 Å². The van der Waals surface area contributed by atoms with E-state index in [0.717, 1.165) is 123 Å². The molecule has 0 fully saturated rings. The smallest absolute Gasteiger partial charge is 0.164 e. The van der Waals surface area contributed by atoms with Gasteiger partial charge in [-0.25, -0.2) is 15.0 Å². The zero-order chi connectivity index (χ0) is 55.7. The third kappa shape index (κ3) is 7.74. The molecule has 85 heavy (non-hydrogen) atoms. The first-order valence-electron chi connectivity index (χ1n) is 29.0. The van der Waals surface area contributed by atoms with Crippen LogP contribution in [-0.2, 0) is 6.42 Å². The third-order valence-electron chi connectivity index (χ3n) is 17.6. The van der Waals surface area contributed by atoms with Crippen molar-refractivity contribution in [2.24, 2.45) is 0 Å². The number of aromatic nitrogens is 3. The number of furan rings is 3. The van der Waals surface area contributed by atoms with Crippen LogP contribution in [0.1, 0.15) is 29.0 Å². The molecule has 12 aromatic carbocycles. The lowest BCUT2D eigenvalue weighted by atomic mass is 9.84. The lowest BCUT2D eigenvalue weighted by Gasteiger charge is -2.20. The van der Waals surface area contributed by atoms with Gasteiger partial charge in [0.05, 0.1) is 0 Å². The van der Waals surface area contributed by atoms with Gasteiger partial charge in [-0.05, 0) is 135 Å². The van der Waals surface area contributed by atoms with Crippen LogP contribution in [0.5, 0.6) is 0 Å². The largest absolute Gasteiger partial charge is 0.456 e. The number of nitrogens with zero attached hydrogens (tertiary/aromatic N) is 3. The lowest BCUT2D eigenvalue weighted by Crippen LogP contribution is -2.02. The molecular weight excluding hydrogens is 1060 g/mol. The Kier molecular flexibility index (Phi) is 10.6. The van der Waals surface area contributed by atoms with Crippen LogP contribution in [0, 0.1) is 0 Å². The molecule has 5 aromatic heterocycles. The molecule has 1 unspecified atom stereocenters. The molecule has 0 amide bonds. The van der Waals surface area contributed by atoms with Crippen molar-refractivity contribution in [3.63, 3.8) is 0 Å². The normalized spacial score (nSPS) is 13.4. The average Bonchev–Trinajstić information content (AvgIpc) is 3.19. The summed E-state index contributed by atoms with van der Waals surface area (Å²) in [4.78, 5) is 15.7. The Morgan fingerprint density at radius 3 is 1.81 bits per heavy atom. The Labute approximate surface area is 491 Å². The fourth-order valence-electron chi connectivity index (χ4n) is 13.6.